The minimum atomic E-state index is 0.175. The van der Waals surface area contributed by atoms with Gasteiger partial charge < -0.3 is 10.1 Å². The molecule has 1 unspecified atom stereocenters. The molecule has 1 aliphatic heterocycles. The molecule has 1 aromatic carbocycles. The highest BCUT2D eigenvalue weighted by Gasteiger charge is 2.32. The fourth-order valence-corrected chi connectivity index (χ4v) is 1.71. The first-order valence-corrected chi connectivity index (χ1v) is 4.64. The Morgan fingerprint density at radius 2 is 2.23 bits per heavy atom. The van der Waals surface area contributed by atoms with Crippen LogP contribution in [0.2, 0.25) is 0 Å². The molecule has 2 heteroatoms. The van der Waals surface area contributed by atoms with Gasteiger partial charge in [0.2, 0.25) is 0 Å². The number of nitrogens with one attached hydrogen (secondary N) is 1. The molecule has 0 spiro atoms. The summed E-state index contributed by atoms with van der Waals surface area (Å²) in [5.74, 6) is 0.937. The molecule has 2 nitrogen and oxygen atoms in total. The van der Waals surface area contributed by atoms with Crippen molar-refractivity contribution in [2.75, 3.05) is 13.7 Å². The molecule has 70 valence electrons. The standard InChI is InChI=1S/C11H15NO/c1-11(6-7-12-11)9-4-3-5-10(8-9)13-2/h3-5,8,12H,6-7H2,1-2H3. The van der Waals surface area contributed by atoms with Gasteiger partial charge in [-0.2, -0.15) is 0 Å². The second-order valence-electron chi connectivity index (χ2n) is 3.74. The Morgan fingerprint density at radius 1 is 1.46 bits per heavy atom. The predicted molar refractivity (Wildman–Crippen MR) is 53.0 cm³/mol. The first kappa shape index (κ1) is 8.57. The summed E-state index contributed by atoms with van der Waals surface area (Å²) in [6, 6.07) is 8.27. The molecule has 2 rings (SSSR count). The second-order valence-corrected chi connectivity index (χ2v) is 3.74. The number of ether oxygens (including phenoxy) is 1. The Bertz CT molecular complexity index is 305. The van der Waals surface area contributed by atoms with Crippen LogP contribution in [0.25, 0.3) is 0 Å². The maximum atomic E-state index is 5.19. The van der Waals surface area contributed by atoms with Gasteiger partial charge in [-0.25, -0.2) is 0 Å². The highest BCUT2D eigenvalue weighted by Crippen LogP contribution is 2.32. The molecular formula is C11H15NO. The summed E-state index contributed by atoms with van der Waals surface area (Å²) >= 11 is 0. The van der Waals surface area contributed by atoms with Crippen molar-refractivity contribution in [1.82, 2.24) is 5.32 Å². The van der Waals surface area contributed by atoms with Crippen LogP contribution in [-0.2, 0) is 5.54 Å². The highest BCUT2D eigenvalue weighted by molar-refractivity contribution is 5.34. The predicted octanol–water partition coefficient (Wildman–Crippen LogP) is 1.90. The van der Waals surface area contributed by atoms with Crippen molar-refractivity contribution in [3.8, 4) is 5.75 Å². The van der Waals surface area contributed by atoms with Gasteiger partial charge in [0.15, 0.2) is 0 Å². The molecule has 1 fully saturated rings. The van der Waals surface area contributed by atoms with Crippen LogP contribution in [0.15, 0.2) is 24.3 Å². The van der Waals surface area contributed by atoms with Crippen LogP contribution in [0.3, 0.4) is 0 Å². The highest BCUT2D eigenvalue weighted by atomic mass is 16.5. The largest absolute Gasteiger partial charge is 0.497 e. The van der Waals surface area contributed by atoms with Crippen molar-refractivity contribution < 1.29 is 4.74 Å². The Morgan fingerprint density at radius 3 is 2.77 bits per heavy atom. The smallest absolute Gasteiger partial charge is 0.119 e. The van der Waals surface area contributed by atoms with Crippen LogP contribution >= 0.6 is 0 Å². The van der Waals surface area contributed by atoms with E-state index < -0.39 is 0 Å². The number of hydrogen-bond donors (Lipinski definition) is 1. The molecular weight excluding hydrogens is 162 g/mol. The average molecular weight is 177 g/mol. The third kappa shape index (κ3) is 1.42. The van der Waals surface area contributed by atoms with Crippen LogP contribution in [0, 0.1) is 0 Å². The Balaban J connectivity index is 2.29. The van der Waals surface area contributed by atoms with E-state index in [0.717, 1.165) is 12.3 Å². The van der Waals surface area contributed by atoms with Crippen LogP contribution in [0.1, 0.15) is 18.9 Å². The number of methoxy groups -OCH3 is 1. The van der Waals surface area contributed by atoms with E-state index in [0.29, 0.717) is 0 Å². The summed E-state index contributed by atoms with van der Waals surface area (Å²) in [4.78, 5) is 0. The first-order valence-electron chi connectivity index (χ1n) is 4.64. The zero-order chi connectivity index (χ0) is 9.31. The molecule has 1 saturated heterocycles. The second kappa shape index (κ2) is 3.04. The van der Waals surface area contributed by atoms with Crippen LogP contribution in [-0.4, -0.2) is 13.7 Å². The van der Waals surface area contributed by atoms with Crippen molar-refractivity contribution in [2.24, 2.45) is 0 Å². The lowest BCUT2D eigenvalue weighted by Crippen LogP contribution is -2.51. The van der Waals surface area contributed by atoms with Gasteiger partial charge in [-0.15, -0.1) is 0 Å². The summed E-state index contributed by atoms with van der Waals surface area (Å²) in [6.07, 6.45) is 1.21. The van der Waals surface area contributed by atoms with E-state index in [-0.39, 0.29) is 5.54 Å². The van der Waals surface area contributed by atoms with Gasteiger partial charge in [-0.1, -0.05) is 12.1 Å². The van der Waals surface area contributed by atoms with Crippen LogP contribution in [0.4, 0.5) is 0 Å². The summed E-state index contributed by atoms with van der Waals surface area (Å²) < 4.78 is 5.19. The lowest BCUT2D eigenvalue weighted by Gasteiger charge is -2.40. The normalized spacial score (nSPS) is 26.6. The minimum absolute atomic E-state index is 0.175. The first-order chi connectivity index (χ1) is 6.24. The van der Waals surface area contributed by atoms with E-state index in [2.05, 4.69) is 24.4 Å². The fourth-order valence-electron chi connectivity index (χ4n) is 1.71. The van der Waals surface area contributed by atoms with E-state index in [4.69, 9.17) is 4.74 Å². The molecule has 0 amide bonds. The average Bonchev–Trinajstić information content (AvgIpc) is 2.14. The molecule has 1 aromatic rings. The summed E-state index contributed by atoms with van der Waals surface area (Å²) in [6.45, 7) is 3.35. The maximum absolute atomic E-state index is 5.19. The zero-order valence-electron chi connectivity index (χ0n) is 8.13. The van der Waals surface area contributed by atoms with Crippen molar-refractivity contribution in [3.05, 3.63) is 29.8 Å². The van der Waals surface area contributed by atoms with Gasteiger partial charge in [0, 0.05) is 5.54 Å². The van der Waals surface area contributed by atoms with Gasteiger partial charge in [0.25, 0.3) is 0 Å². The van der Waals surface area contributed by atoms with Gasteiger partial charge in [-0.3, -0.25) is 0 Å². The minimum Gasteiger partial charge on any atom is -0.497 e. The molecule has 0 radical (unpaired) electrons. The monoisotopic (exact) mass is 177 g/mol. The van der Waals surface area contributed by atoms with Crippen molar-refractivity contribution in [1.29, 1.82) is 0 Å². The third-order valence-electron chi connectivity index (χ3n) is 2.85. The van der Waals surface area contributed by atoms with E-state index in [1.807, 2.05) is 12.1 Å². The fraction of sp³-hybridized carbons (Fsp3) is 0.455. The summed E-state index contributed by atoms with van der Waals surface area (Å²) in [5, 5.41) is 3.43. The Labute approximate surface area is 78.9 Å². The SMILES string of the molecule is COc1cccc(C2(C)CCN2)c1. The van der Waals surface area contributed by atoms with Gasteiger partial charge in [-0.05, 0) is 37.6 Å². The summed E-state index contributed by atoms with van der Waals surface area (Å²) in [7, 11) is 1.70. The molecule has 0 bridgehead atoms. The number of benzene rings is 1. The topological polar surface area (TPSA) is 21.3 Å². The molecule has 1 aliphatic rings. The van der Waals surface area contributed by atoms with Gasteiger partial charge in [0.05, 0.1) is 7.11 Å². The van der Waals surface area contributed by atoms with E-state index in [1.54, 1.807) is 7.11 Å². The lowest BCUT2D eigenvalue weighted by molar-refractivity contribution is 0.236. The van der Waals surface area contributed by atoms with Crippen molar-refractivity contribution in [3.63, 3.8) is 0 Å². The zero-order valence-corrected chi connectivity index (χ0v) is 8.13. The molecule has 0 aliphatic carbocycles. The van der Waals surface area contributed by atoms with Crippen LogP contribution < -0.4 is 10.1 Å². The Hall–Kier alpha value is -1.02. The van der Waals surface area contributed by atoms with Crippen molar-refractivity contribution in [2.45, 2.75) is 18.9 Å². The Kier molecular flexibility index (Phi) is 2.00. The third-order valence-corrected chi connectivity index (χ3v) is 2.85. The van der Waals surface area contributed by atoms with Gasteiger partial charge in [0.1, 0.15) is 5.75 Å². The molecule has 1 heterocycles. The molecule has 13 heavy (non-hydrogen) atoms. The number of hydrogen-bond acceptors (Lipinski definition) is 2. The van der Waals surface area contributed by atoms with E-state index in [9.17, 15) is 0 Å². The molecule has 0 aromatic heterocycles. The van der Waals surface area contributed by atoms with E-state index in [1.165, 1.54) is 12.0 Å². The summed E-state index contributed by atoms with van der Waals surface area (Å²) in [5.41, 5.74) is 1.49. The van der Waals surface area contributed by atoms with E-state index >= 15 is 0 Å². The maximum Gasteiger partial charge on any atom is 0.119 e. The molecule has 0 saturated carbocycles. The number of rotatable bonds is 2. The lowest BCUT2D eigenvalue weighted by atomic mass is 9.83. The van der Waals surface area contributed by atoms with Crippen LogP contribution in [0.5, 0.6) is 5.75 Å². The van der Waals surface area contributed by atoms with Gasteiger partial charge >= 0.3 is 0 Å². The van der Waals surface area contributed by atoms with Crippen molar-refractivity contribution >= 4 is 0 Å². The quantitative estimate of drug-likeness (QED) is 0.745. The molecule has 1 N–H and O–H groups in total. The molecule has 1 atom stereocenters.